The topological polar surface area (TPSA) is 45.5 Å². The third-order valence-electron chi connectivity index (χ3n) is 4.41. The first-order valence-electron chi connectivity index (χ1n) is 8.37. The van der Waals surface area contributed by atoms with E-state index in [1.807, 2.05) is 49.4 Å². The van der Waals surface area contributed by atoms with E-state index in [1.54, 1.807) is 0 Å². The second-order valence-electron chi connectivity index (χ2n) is 6.14. The molecule has 4 nitrogen and oxygen atoms in total. The van der Waals surface area contributed by atoms with Crippen molar-refractivity contribution in [3.8, 4) is 0 Å². The van der Waals surface area contributed by atoms with Gasteiger partial charge < -0.3 is 9.73 Å². The van der Waals surface area contributed by atoms with E-state index in [2.05, 4.69) is 10.2 Å². The van der Waals surface area contributed by atoms with Crippen LogP contribution < -0.4 is 5.32 Å². The standard InChI is InChI=1S/C19H24N2O2/c1-15-10-11-18(23-15)17(21-12-6-3-7-13-21)14-20-19(22)16-8-4-2-5-9-16/h2,4-5,8-11,17H,3,6-7,12-14H2,1H3,(H,20,22)/t17-/m1/s1. The van der Waals surface area contributed by atoms with Crippen LogP contribution in [-0.4, -0.2) is 30.4 Å². The number of carbonyl (C=O) groups is 1. The van der Waals surface area contributed by atoms with Crippen molar-refractivity contribution in [2.24, 2.45) is 0 Å². The van der Waals surface area contributed by atoms with E-state index in [4.69, 9.17) is 4.42 Å². The number of carbonyl (C=O) groups excluding carboxylic acids is 1. The van der Waals surface area contributed by atoms with E-state index in [1.165, 1.54) is 19.3 Å². The van der Waals surface area contributed by atoms with E-state index in [0.29, 0.717) is 12.1 Å². The van der Waals surface area contributed by atoms with Crippen molar-refractivity contribution < 1.29 is 9.21 Å². The van der Waals surface area contributed by atoms with Crippen molar-refractivity contribution in [2.75, 3.05) is 19.6 Å². The van der Waals surface area contributed by atoms with Crippen LogP contribution in [0.3, 0.4) is 0 Å². The van der Waals surface area contributed by atoms with E-state index in [9.17, 15) is 4.79 Å². The Morgan fingerprint density at radius 3 is 2.52 bits per heavy atom. The number of likely N-dealkylation sites (tertiary alicyclic amines) is 1. The Morgan fingerprint density at radius 2 is 1.87 bits per heavy atom. The monoisotopic (exact) mass is 312 g/mol. The number of nitrogens with zero attached hydrogens (tertiary/aromatic N) is 1. The minimum absolute atomic E-state index is 0.0316. The molecule has 1 saturated heterocycles. The van der Waals surface area contributed by atoms with E-state index in [-0.39, 0.29) is 11.9 Å². The second kappa shape index (κ2) is 7.47. The summed E-state index contributed by atoms with van der Waals surface area (Å²) in [6, 6.07) is 13.5. The van der Waals surface area contributed by atoms with Gasteiger partial charge in [-0.2, -0.15) is 0 Å². The lowest BCUT2D eigenvalue weighted by Gasteiger charge is -2.33. The highest BCUT2D eigenvalue weighted by atomic mass is 16.3. The Hall–Kier alpha value is -2.07. The maximum Gasteiger partial charge on any atom is 0.251 e. The fourth-order valence-corrected chi connectivity index (χ4v) is 3.15. The quantitative estimate of drug-likeness (QED) is 0.918. The van der Waals surface area contributed by atoms with Gasteiger partial charge in [0.25, 0.3) is 5.91 Å². The lowest BCUT2D eigenvalue weighted by Crippen LogP contribution is -2.40. The number of benzene rings is 1. The molecule has 2 heterocycles. The van der Waals surface area contributed by atoms with Crippen LogP contribution in [0.1, 0.15) is 47.2 Å². The lowest BCUT2D eigenvalue weighted by atomic mass is 10.1. The zero-order valence-corrected chi connectivity index (χ0v) is 13.6. The molecule has 0 saturated carbocycles. The molecule has 3 rings (SSSR count). The Balaban J connectivity index is 1.69. The highest BCUT2D eigenvalue weighted by Gasteiger charge is 2.25. The van der Waals surface area contributed by atoms with Crippen LogP contribution in [0, 0.1) is 6.92 Å². The van der Waals surface area contributed by atoms with E-state index in [0.717, 1.165) is 24.6 Å². The average Bonchev–Trinajstić information content (AvgIpc) is 3.03. The minimum atomic E-state index is -0.0316. The molecule has 1 aliphatic heterocycles. The Labute approximate surface area is 137 Å². The van der Waals surface area contributed by atoms with Gasteiger partial charge in [0, 0.05) is 12.1 Å². The highest BCUT2D eigenvalue weighted by molar-refractivity contribution is 5.94. The largest absolute Gasteiger partial charge is 0.465 e. The Kier molecular flexibility index (Phi) is 5.13. The van der Waals surface area contributed by atoms with Gasteiger partial charge in [-0.15, -0.1) is 0 Å². The van der Waals surface area contributed by atoms with Crippen LogP contribution in [0.5, 0.6) is 0 Å². The number of amides is 1. The van der Waals surface area contributed by atoms with Crippen LogP contribution in [0.2, 0.25) is 0 Å². The summed E-state index contributed by atoms with van der Waals surface area (Å²) in [5, 5.41) is 3.06. The smallest absolute Gasteiger partial charge is 0.251 e. The molecular weight excluding hydrogens is 288 g/mol. The molecule has 23 heavy (non-hydrogen) atoms. The van der Waals surface area contributed by atoms with Gasteiger partial charge in [0.2, 0.25) is 0 Å². The predicted molar refractivity (Wildman–Crippen MR) is 90.4 cm³/mol. The number of nitrogens with one attached hydrogen (secondary N) is 1. The van der Waals surface area contributed by atoms with Crippen molar-refractivity contribution in [3.05, 3.63) is 59.5 Å². The molecule has 2 aromatic rings. The lowest BCUT2D eigenvalue weighted by molar-refractivity contribution is 0.0913. The molecule has 122 valence electrons. The molecule has 1 aromatic heterocycles. The van der Waals surface area contributed by atoms with Gasteiger partial charge >= 0.3 is 0 Å². The predicted octanol–water partition coefficient (Wildman–Crippen LogP) is 3.55. The van der Waals surface area contributed by atoms with Crippen LogP contribution in [0.4, 0.5) is 0 Å². The second-order valence-corrected chi connectivity index (χ2v) is 6.14. The molecular formula is C19H24N2O2. The molecule has 0 aliphatic carbocycles. The van der Waals surface area contributed by atoms with Crippen molar-refractivity contribution in [1.29, 1.82) is 0 Å². The molecule has 1 fully saturated rings. The molecule has 1 aliphatic rings. The summed E-state index contributed by atoms with van der Waals surface area (Å²) < 4.78 is 5.84. The number of hydrogen-bond acceptors (Lipinski definition) is 3. The van der Waals surface area contributed by atoms with Crippen LogP contribution >= 0.6 is 0 Å². The van der Waals surface area contributed by atoms with Crippen molar-refractivity contribution >= 4 is 5.91 Å². The van der Waals surface area contributed by atoms with Gasteiger partial charge in [-0.05, 0) is 57.1 Å². The molecule has 1 aromatic carbocycles. The Bertz CT molecular complexity index is 630. The summed E-state index contributed by atoms with van der Waals surface area (Å²) in [4.78, 5) is 14.7. The summed E-state index contributed by atoms with van der Waals surface area (Å²) >= 11 is 0. The van der Waals surface area contributed by atoms with Gasteiger partial charge in [0.1, 0.15) is 11.5 Å². The van der Waals surface area contributed by atoms with Crippen molar-refractivity contribution in [3.63, 3.8) is 0 Å². The van der Waals surface area contributed by atoms with Crippen LogP contribution in [0.15, 0.2) is 46.9 Å². The number of hydrogen-bond donors (Lipinski definition) is 1. The zero-order chi connectivity index (χ0) is 16.1. The summed E-state index contributed by atoms with van der Waals surface area (Å²) in [6.45, 7) is 4.65. The SMILES string of the molecule is Cc1ccc([C@@H](CNC(=O)c2ccccc2)N2CCCCC2)o1. The van der Waals surface area contributed by atoms with Crippen molar-refractivity contribution in [1.82, 2.24) is 10.2 Å². The zero-order valence-electron chi connectivity index (χ0n) is 13.6. The first-order chi connectivity index (χ1) is 11.2. The Morgan fingerprint density at radius 1 is 1.13 bits per heavy atom. The minimum Gasteiger partial charge on any atom is -0.465 e. The van der Waals surface area contributed by atoms with Gasteiger partial charge in [0.15, 0.2) is 0 Å². The molecule has 1 amide bonds. The fourth-order valence-electron chi connectivity index (χ4n) is 3.15. The summed E-state index contributed by atoms with van der Waals surface area (Å²) in [6.07, 6.45) is 3.71. The normalized spacial score (nSPS) is 16.9. The van der Waals surface area contributed by atoms with Crippen LogP contribution in [-0.2, 0) is 0 Å². The molecule has 1 N–H and O–H groups in total. The summed E-state index contributed by atoms with van der Waals surface area (Å²) in [5.74, 6) is 1.82. The molecule has 1 atom stereocenters. The van der Waals surface area contributed by atoms with Crippen molar-refractivity contribution in [2.45, 2.75) is 32.2 Å². The van der Waals surface area contributed by atoms with Gasteiger partial charge in [-0.1, -0.05) is 24.6 Å². The average molecular weight is 312 g/mol. The van der Waals surface area contributed by atoms with E-state index >= 15 is 0 Å². The third kappa shape index (κ3) is 4.02. The van der Waals surface area contributed by atoms with Crippen LogP contribution in [0.25, 0.3) is 0 Å². The third-order valence-corrected chi connectivity index (χ3v) is 4.41. The molecule has 0 unspecified atom stereocenters. The number of aryl methyl sites for hydroxylation is 1. The van der Waals surface area contributed by atoms with Gasteiger partial charge in [0.05, 0.1) is 6.04 Å². The van der Waals surface area contributed by atoms with E-state index < -0.39 is 0 Å². The van der Waals surface area contributed by atoms with Gasteiger partial charge in [-0.3, -0.25) is 9.69 Å². The summed E-state index contributed by atoms with van der Waals surface area (Å²) in [7, 11) is 0. The fraction of sp³-hybridized carbons (Fsp3) is 0.421. The first kappa shape index (κ1) is 15.8. The number of furan rings is 1. The first-order valence-corrected chi connectivity index (χ1v) is 8.37. The molecule has 0 spiro atoms. The van der Waals surface area contributed by atoms with Gasteiger partial charge in [-0.25, -0.2) is 0 Å². The number of rotatable bonds is 5. The molecule has 0 bridgehead atoms. The maximum absolute atomic E-state index is 12.3. The number of piperidine rings is 1. The molecule has 0 radical (unpaired) electrons. The highest BCUT2D eigenvalue weighted by Crippen LogP contribution is 2.25. The summed E-state index contributed by atoms with van der Waals surface area (Å²) in [5.41, 5.74) is 0.695. The maximum atomic E-state index is 12.3. The molecule has 4 heteroatoms.